The summed E-state index contributed by atoms with van der Waals surface area (Å²) in [6.07, 6.45) is 1.94. The second-order valence-corrected chi connectivity index (χ2v) is 8.64. The van der Waals surface area contributed by atoms with Gasteiger partial charge < -0.3 is 14.6 Å². The molecule has 0 saturated carbocycles. The van der Waals surface area contributed by atoms with Crippen LogP contribution in [0.1, 0.15) is 32.0 Å². The lowest BCUT2D eigenvalue weighted by atomic mass is 10.1. The number of carbonyl (C=O) groups excluding carboxylic acids is 2. The maximum atomic E-state index is 13.2. The molecule has 0 aliphatic carbocycles. The average Bonchev–Trinajstić information content (AvgIpc) is 3.28. The Kier molecular flexibility index (Phi) is 6.21. The van der Waals surface area contributed by atoms with Crippen LogP contribution in [0.3, 0.4) is 0 Å². The number of pyridine rings is 1. The smallest absolute Gasteiger partial charge is 0.337 e. The summed E-state index contributed by atoms with van der Waals surface area (Å²) in [5, 5.41) is 5.42. The van der Waals surface area contributed by atoms with Gasteiger partial charge in [0.25, 0.3) is 5.91 Å². The number of hydrogen-bond acceptors (Lipinski definition) is 4. The molecule has 0 aliphatic heterocycles. The van der Waals surface area contributed by atoms with Gasteiger partial charge in [-0.25, -0.2) is 4.79 Å². The molecule has 0 aliphatic rings. The number of benzene rings is 3. The van der Waals surface area contributed by atoms with Crippen molar-refractivity contribution in [3.05, 3.63) is 112 Å². The van der Waals surface area contributed by atoms with Crippen molar-refractivity contribution in [3.8, 4) is 0 Å². The van der Waals surface area contributed by atoms with E-state index in [9.17, 15) is 9.59 Å². The maximum Gasteiger partial charge on any atom is 0.337 e. The van der Waals surface area contributed by atoms with E-state index >= 15 is 0 Å². The molecule has 174 valence electrons. The molecule has 0 atom stereocenters. The second-order valence-electron chi connectivity index (χ2n) is 8.20. The van der Waals surface area contributed by atoms with Crippen molar-refractivity contribution in [2.24, 2.45) is 0 Å². The zero-order chi connectivity index (χ0) is 24.4. The van der Waals surface area contributed by atoms with E-state index < -0.39 is 5.97 Å². The van der Waals surface area contributed by atoms with Crippen molar-refractivity contribution in [1.29, 1.82) is 0 Å². The lowest BCUT2D eigenvalue weighted by Crippen LogP contribution is -2.23. The van der Waals surface area contributed by atoms with Crippen LogP contribution in [-0.4, -0.2) is 28.5 Å². The topological polar surface area (TPSA) is 73.2 Å². The van der Waals surface area contributed by atoms with Gasteiger partial charge in [0.1, 0.15) is 0 Å². The summed E-state index contributed by atoms with van der Waals surface area (Å²) in [6, 6.07) is 24.4. The number of carbonyl (C=O) groups is 2. The molecule has 0 fully saturated rings. The normalized spacial score (nSPS) is 11.0. The standard InChI is InChI=1S/C28H22ClN3O3/c1-35-28(34)20-8-6-18(7-9-20)16-30-27(33)24-15-22(29)14-21-12-13-32(26(21)24)17-23-11-10-19-4-2-3-5-25(19)31-23/h2-15H,16-17H2,1H3,(H,30,33). The average molecular weight is 484 g/mol. The van der Waals surface area contributed by atoms with Gasteiger partial charge in [0.15, 0.2) is 0 Å². The van der Waals surface area contributed by atoms with Crippen LogP contribution in [0, 0.1) is 0 Å². The fourth-order valence-electron chi connectivity index (χ4n) is 4.14. The molecule has 35 heavy (non-hydrogen) atoms. The highest BCUT2D eigenvalue weighted by Crippen LogP contribution is 2.26. The summed E-state index contributed by atoms with van der Waals surface area (Å²) in [4.78, 5) is 29.6. The van der Waals surface area contributed by atoms with E-state index in [-0.39, 0.29) is 5.91 Å². The van der Waals surface area contributed by atoms with Crippen LogP contribution in [0.25, 0.3) is 21.8 Å². The highest BCUT2D eigenvalue weighted by molar-refractivity contribution is 6.32. The molecule has 0 saturated heterocycles. The monoisotopic (exact) mass is 483 g/mol. The van der Waals surface area contributed by atoms with Gasteiger partial charge in [-0.15, -0.1) is 0 Å². The largest absolute Gasteiger partial charge is 0.465 e. The fourth-order valence-corrected chi connectivity index (χ4v) is 4.37. The van der Waals surface area contributed by atoms with E-state index in [4.69, 9.17) is 21.3 Å². The van der Waals surface area contributed by atoms with E-state index in [0.717, 1.165) is 33.1 Å². The van der Waals surface area contributed by atoms with Crippen LogP contribution >= 0.6 is 11.6 Å². The predicted octanol–water partition coefficient (Wildman–Crippen LogP) is 5.61. The lowest BCUT2D eigenvalue weighted by molar-refractivity contribution is 0.0600. The number of esters is 1. The van der Waals surface area contributed by atoms with E-state index in [0.29, 0.717) is 29.2 Å². The Morgan fingerprint density at radius 3 is 2.57 bits per heavy atom. The number of ether oxygens (including phenoxy) is 1. The van der Waals surface area contributed by atoms with Crippen LogP contribution in [0.2, 0.25) is 5.02 Å². The van der Waals surface area contributed by atoms with Crippen molar-refractivity contribution in [2.75, 3.05) is 7.11 Å². The lowest BCUT2D eigenvalue weighted by Gasteiger charge is -2.12. The predicted molar refractivity (Wildman–Crippen MR) is 137 cm³/mol. The Balaban J connectivity index is 1.40. The molecule has 3 aromatic carbocycles. The minimum absolute atomic E-state index is 0.235. The highest BCUT2D eigenvalue weighted by atomic mass is 35.5. The summed E-state index contributed by atoms with van der Waals surface area (Å²) < 4.78 is 6.74. The molecule has 5 rings (SSSR count). The van der Waals surface area contributed by atoms with Crippen LogP contribution in [0.15, 0.2) is 85.1 Å². The number of hydrogen-bond donors (Lipinski definition) is 1. The van der Waals surface area contributed by atoms with Crippen LogP contribution in [0.5, 0.6) is 0 Å². The van der Waals surface area contributed by atoms with Crippen molar-refractivity contribution < 1.29 is 14.3 Å². The number of fused-ring (bicyclic) bond motifs is 2. The molecule has 1 N–H and O–H groups in total. The van der Waals surface area contributed by atoms with Gasteiger partial charge in [0, 0.05) is 28.5 Å². The number of nitrogens with zero attached hydrogens (tertiary/aromatic N) is 2. The number of para-hydroxylation sites is 1. The third-order valence-electron chi connectivity index (χ3n) is 5.89. The van der Waals surface area contributed by atoms with Crippen LogP contribution < -0.4 is 5.32 Å². The van der Waals surface area contributed by atoms with Crippen LogP contribution in [0.4, 0.5) is 0 Å². The van der Waals surface area contributed by atoms with Crippen molar-refractivity contribution in [3.63, 3.8) is 0 Å². The Morgan fingerprint density at radius 1 is 0.971 bits per heavy atom. The van der Waals surface area contributed by atoms with Gasteiger partial charge in [0.05, 0.1) is 41.5 Å². The molecular formula is C28H22ClN3O3. The number of nitrogens with one attached hydrogen (secondary N) is 1. The summed E-state index contributed by atoms with van der Waals surface area (Å²) in [6.45, 7) is 0.826. The first-order valence-corrected chi connectivity index (χ1v) is 11.5. The van der Waals surface area contributed by atoms with Gasteiger partial charge in [-0.1, -0.05) is 48.0 Å². The van der Waals surface area contributed by atoms with E-state index in [1.165, 1.54) is 7.11 Å². The molecule has 2 heterocycles. The molecule has 6 nitrogen and oxygen atoms in total. The molecular weight excluding hydrogens is 462 g/mol. The Bertz CT molecular complexity index is 1560. The Morgan fingerprint density at radius 2 is 1.77 bits per heavy atom. The van der Waals surface area contributed by atoms with E-state index in [1.807, 2.05) is 53.2 Å². The first-order valence-electron chi connectivity index (χ1n) is 11.1. The molecule has 0 bridgehead atoms. The summed E-state index contributed by atoms with van der Waals surface area (Å²) in [5.74, 6) is -0.635. The Labute approximate surface area is 207 Å². The van der Waals surface area contributed by atoms with E-state index in [1.54, 1.807) is 30.3 Å². The summed E-state index contributed by atoms with van der Waals surface area (Å²) in [5.41, 5.74) is 4.43. The zero-order valence-corrected chi connectivity index (χ0v) is 19.8. The molecule has 0 unspecified atom stereocenters. The quantitative estimate of drug-likeness (QED) is 0.319. The van der Waals surface area contributed by atoms with Crippen molar-refractivity contribution >= 4 is 45.3 Å². The zero-order valence-electron chi connectivity index (χ0n) is 19.0. The van der Waals surface area contributed by atoms with Gasteiger partial charge in [-0.05, 0) is 48.0 Å². The van der Waals surface area contributed by atoms with Gasteiger partial charge >= 0.3 is 5.97 Å². The molecule has 5 aromatic rings. The number of methoxy groups -OCH3 is 1. The summed E-state index contributed by atoms with van der Waals surface area (Å²) >= 11 is 6.34. The minimum atomic E-state index is -0.399. The van der Waals surface area contributed by atoms with Gasteiger partial charge in [-0.3, -0.25) is 9.78 Å². The third-order valence-corrected chi connectivity index (χ3v) is 6.10. The SMILES string of the molecule is COC(=O)c1ccc(CNC(=O)c2cc(Cl)cc3ccn(Cc4ccc5ccccc5n4)c23)cc1. The first kappa shape index (κ1) is 22.6. The molecule has 2 aromatic heterocycles. The van der Waals surface area contributed by atoms with E-state index in [2.05, 4.69) is 11.4 Å². The molecule has 7 heteroatoms. The van der Waals surface area contributed by atoms with Crippen molar-refractivity contribution in [2.45, 2.75) is 13.1 Å². The number of amides is 1. The number of halogens is 1. The van der Waals surface area contributed by atoms with Crippen LogP contribution in [-0.2, 0) is 17.8 Å². The number of aromatic nitrogens is 2. The third kappa shape index (κ3) is 4.74. The van der Waals surface area contributed by atoms with Gasteiger partial charge in [0.2, 0.25) is 0 Å². The highest BCUT2D eigenvalue weighted by Gasteiger charge is 2.16. The van der Waals surface area contributed by atoms with Crippen molar-refractivity contribution in [1.82, 2.24) is 14.9 Å². The minimum Gasteiger partial charge on any atom is -0.465 e. The summed E-state index contributed by atoms with van der Waals surface area (Å²) in [7, 11) is 1.34. The Hall–Kier alpha value is -4.16. The maximum absolute atomic E-state index is 13.2. The molecule has 1 amide bonds. The first-order chi connectivity index (χ1) is 17.0. The number of rotatable bonds is 6. The second kappa shape index (κ2) is 9.60. The molecule has 0 radical (unpaired) electrons. The fraction of sp³-hybridized carbons (Fsp3) is 0.107. The van der Waals surface area contributed by atoms with Gasteiger partial charge in [-0.2, -0.15) is 0 Å². The molecule has 0 spiro atoms.